The van der Waals surface area contributed by atoms with Crippen LogP contribution in [0.4, 0.5) is 0 Å². The Morgan fingerprint density at radius 1 is 0.477 bits per heavy atom. The van der Waals surface area contributed by atoms with Gasteiger partial charge in [-0.1, -0.05) is 197 Å². The number of rotatable bonds is 48. The van der Waals surface area contributed by atoms with Gasteiger partial charge in [0.1, 0.15) is 12.6 Å². The number of unbranched alkanes of at least 4 members (excludes halogenated alkanes) is 24. The van der Waals surface area contributed by atoms with Crippen LogP contribution < -0.4 is 5.11 Å². The van der Waals surface area contributed by atoms with Crippen LogP contribution in [-0.4, -0.2) is 75.5 Å². The summed E-state index contributed by atoms with van der Waals surface area (Å²) in [4.78, 5) is 37.1. The third-order valence-corrected chi connectivity index (χ3v) is 11.9. The number of carbonyl (C=O) groups is 3. The van der Waals surface area contributed by atoms with Gasteiger partial charge in [0.2, 0.25) is 0 Å². The van der Waals surface area contributed by atoms with Gasteiger partial charge < -0.3 is 28.6 Å². The molecule has 0 aromatic carbocycles. The largest absolute Gasteiger partial charge is 0.544 e. The number of nitrogens with zero attached hydrogens (tertiary/aromatic N) is 1. The third kappa shape index (κ3) is 46.0. The first-order chi connectivity index (χ1) is 31.6. The van der Waals surface area contributed by atoms with Crippen molar-refractivity contribution in [3.8, 4) is 0 Å². The van der Waals surface area contributed by atoms with E-state index in [4.69, 9.17) is 14.2 Å². The molecule has 2 unspecified atom stereocenters. The minimum atomic E-state index is -1.13. The molecule has 0 aliphatic heterocycles. The Bertz CT molecular complexity index is 1250. The monoisotopic (exact) mass is 912 g/mol. The normalized spacial score (nSPS) is 13.3. The summed E-state index contributed by atoms with van der Waals surface area (Å²) in [6.07, 6.45) is 59.7. The average molecular weight is 912 g/mol. The van der Waals surface area contributed by atoms with Gasteiger partial charge in [-0.3, -0.25) is 9.59 Å². The van der Waals surface area contributed by atoms with Gasteiger partial charge in [0.25, 0.3) is 0 Å². The fraction of sp³-hybridized carbons (Fsp3) is 0.772. The number of quaternary nitrogens is 1. The SMILES string of the molecule is CC/C=C/C/C=C/C/C=C/C/C=C/CCCCCCCCCC(=O)OCC(COCCC(C(=O)[O-])[N+](C)(C)C)OC(=O)CCCCCCCCC/C=C/CCCCCCCCCCCC. The molecule has 0 rings (SSSR count). The van der Waals surface area contributed by atoms with E-state index in [9.17, 15) is 19.5 Å². The summed E-state index contributed by atoms with van der Waals surface area (Å²) in [6, 6.07) is -0.731. The summed E-state index contributed by atoms with van der Waals surface area (Å²) in [5, 5.41) is 11.7. The van der Waals surface area contributed by atoms with Crippen LogP contribution in [0.1, 0.15) is 232 Å². The van der Waals surface area contributed by atoms with E-state index in [1.165, 1.54) is 128 Å². The van der Waals surface area contributed by atoms with E-state index in [2.05, 4.69) is 74.6 Å². The molecule has 0 radical (unpaired) electrons. The number of aliphatic carboxylic acids is 1. The van der Waals surface area contributed by atoms with E-state index in [1.54, 1.807) is 21.1 Å². The van der Waals surface area contributed by atoms with Crippen LogP contribution in [0.2, 0.25) is 0 Å². The predicted molar refractivity (Wildman–Crippen MR) is 273 cm³/mol. The van der Waals surface area contributed by atoms with Gasteiger partial charge in [-0.25, -0.2) is 0 Å². The Labute approximate surface area is 400 Å². The van der Waals surface area contributed by atoms with E-state index in [-0.39, 0.29) is 42.7 Å². The second-order valence-corrected chi connectivity index (χ2v) is 19.1. The molecule has 0 heterocycles. The molecule has 0 aromatic heterocycles. The van der Waals surface area contributed by atoms with Crippen molar-refractivity contribution < 1.29 is 38.2 Å². The molecular formula is C57H101NO7. The molecule has 0 N–H and O–H groups in total. The van der Waals surface area contributed by atoms with E-state index in [1.807, 2.05) is 0 Å². The molecule has 0 saturated heterocycles. The highest BCUT2D eigenvalue weighted by atomic mass is 16.6. The van der Waals surface area contributed by atoms with Gasteiger partial charge in [-0.05, 0) is 77.0 Å². The minimum Gasteiger partial charge on any atom is -0.544 e. The minimum absolute atomic E-state index is 0.0344. The topological polar surface area (TPSA) is 102 Å². The van der Waals surface area contributed by atoms with Crippen LogP contribution in [0.15, 0.2) is 60.8 Å². The van der Waals surface area contributed by atoms with Crippen LogP contribution in [0.25, 0.3) is 0 Å². The van der Waals surface area contributed by atoms with Crippen molar-refractivity contribution in [2.75, 3.05) is 41.0 Å². The zero-order valence-corrected chi connectivity index (χ0v) is 42.9. The molecule has 65 heavy (non-hydrogen) atoms. The predicted octanol–water partition coefficient (Wildman–Crippen LogP) is 14.4. The van der Waals surface area contributed by atoms with Crippen LogP contribution >= 0.6 is 0 Å². The van der Waals surface area contributed by atoms with Gasteiger partial charge >= 0.3 is 11.9 Å². The first-order valence-corrected chi connectivity index (χ1v) is 26.8. The van der Waals surface area contributed by atoms with E-state index in [0.717, 1.165) is 70.6 Å². The quantitative estimate of drug-likeness (QED) is 0.0259. The van der Waals surface area contributed by atoms with Crippen molar-refractivity contribution in [3.63, 3.8) is 0 Å². The highest BCUT2D eigenvalue weighted by molar-refractivity contribution is 5.70. The number of allylic oxidation sites excluding steroid dienone is 10. The highest BCUT2D eigenvalue weighted by Crippen LogP contribution is 2.15. The van der Waals surface area contributed by atoms with Gasteiger partial charge in [-0.2, -0.15) is 0 Å². The summed E-state index contributed by atoms with van der Waals surface area (Å²) in [7, 11) is 5.41. The Hall–Kier alpha value is -2.97. The maximum atomic E-state index is 12.8. The lowest BCUT2D eigenvalue weighted by Gasteiger charge is -2.34. The maximum absolute atomic E-state index is 12.8. The number of esters is 2. The molecule has 0 aliphatic rings. The number of carbonyl (C=O) groups excluding carboxylic acids is 3. The Kier molecular flexibility index (Phi) is 45.3. The average Bonchev–Trinajstić information content (AvgIpc) is 3.27. The van der Waals surface area contributed by atoms with E-state index in [0.29, 0.717) is 12.8 Å². The Balaban J connectivity index is 4.24. The number of likely N-dealkylation sites (N-methyl/N-ethyl adjacent to an activating group) is 1. The van der Waals surface area contributed by atoms with Crippen molar-refractivity contribution >= 4 is 17.9 Å². The van der Waals surface area contributed by atoms with Crippen molar-refractivity contribution in [1.29, 1.82) is 0 Å². The fourth-order valence-electron chi connectivity index (χ4n) is 7.76. The number of carboxylic acid groups (broad SMARTS) is 1. The van der Waals surface area contributed by atoms with Crippen molar-refractivity contribution in [2.45, 2.75) is 244 Å². The Morgan fingerprint density at radius 3 is 1.29 bits per heavy atom. The maximum Gasteiger partial charge on any atom is 0.306 e. The van der Waals surface area contributed by atoms with Crippen LogP contribution in [-0.2, 0) is 28.6 Å². The van der Waals surface area contributed by atoms with Crippen LogP contribution in [0.3, 0.4) is 0 Å². The molecule has 0 fully saturated rings. The van der Waals surface area contributed by atoms with Gasteiger partial charge in [0, 0.05) is 19.3 Å². The van der Waals surface area contributed by atoms with Gasteiger partial charge in [0.15, 0.2) is 6.10 Å². The molecule has 8 nitrogen and oxygen atoms in total. The summed E-state index contributed by atoms with van der Waals surface area (Å²) >= 11 is 0. The smallest absolute Gasteiger partial charge is 0.306 e. The standard InChI is InChI=1S/C57H101NO7/c1-6-8-10-12-14-16-18-20-22-24-26-28-30-32-34-36-38-40-42-44-46-48-56(60)65-53(51-63-50-49-54(57(61)62)58(3,4)5)52-64-55(59)47-45-43-41-39-37-35-33-31-29-27-25-23-21-19-17-15-13-11-9-7-2/h9,11,15,17,21,23,27-30,53-54H,6-8,10,12-14,16,18-20,22,24-26,31-52H2,1-5H3/b11-9+,17-15+,23-21+,29-27+,30-28+. The Morgan fingerprint density at radius 2 is 0.862 bits per heavy atom. The van der Waals surface area contributed by atoms with Crippen molar-refractivity contribution in [2.24, 2.45) is 0 Å². The van der Waals surface area contributed by atoms with Crippen LogP contribution in [0.5, 0.6) is 0 Å². The number of ether oxygens (including phenoxy) is 3. The zero-order valence-electron chi connectivity index (χ0n) is 42.9. The summed E-state index contributed by atoms with van der Waals surface area (Å²) in [6.45, 7) is 4.56. The summed E-state index contributed by atoms with van der Waals surface area (Å²) in [5.74, 6) is -1.75. The fourth-order valence-corrected chi connectivity index (χ4v) is 7.76. The van der Waals surface area contributed by atoms with Gasteiger partial charge in [-0.15, -0.1) is 0 Å². The summed E-state index contributed by atoms with van der Waals surface area (Å²) < 4.78 is 17.3. The number of carboxylic acids is 1. The van der Waals surface area contributed by atoms with Crippen molar-refractivity contribution in [1.82, 2.24) is 0 Å². The third-order valence-electron chi connectivity index (χ3n) is 11.9. The molecule has 0 amide bonds. The highest BCUT2D eigenvalue weighted by Gasteiger charge is 2.25. The molecule has 0 saturated carbocycles. The molecule has 0 spiro atoms. The van der Waals surface area contributed by atoms with E-state index >= 15 is 0 Å². The summed E-state index contributed by atoms with van der Waals surface area (Å²) in [5.41, 5.74) is 0. The lowest BCUT2D eigenvalue weighted by Crippen LogP contribution is -2.55. The lowest BCUT2D eigenvalue weighted by atomic mass is 10.1. The first-order valence-electron chi connectivity index (χ1n) is 26.8. The van der Waals surface area contributed by atoms with Crippen molar-refractivity contribution in [3.05, 3.63) is 60.8 Å². The molecule has 2 atom stereocenters. The number of hydrogen-bond donors (Lipinski definition) is 0. The van der Waals surface area contributed by atoms with Crippen LogP contribution in [0, 0.1) is 0 Å². The first kappa shape index (κ1) is 62.0. The molecule has 0 aliphatic carbocycles. The molecule has 8 heteroatoms. The molecule has 0 bridgehead atoms. The lowest BCUT2D eigenvalue weighted by molar-refractivity contribution is -0.889. The zero-order chi connectivity index (χ0) is 47.7. The second-order valence-electron chi connectivity index (χ2n) is 19.1. The van der Waals surface area contributed by atoms with Gasteiger partial charge in [0.05, 0.1) is 40.3 Å². The molecular weight excluding hydrogens is 811 g/mol. The molecule has 0 aromatic rings. The van der Waals surface area contributed by atoms with E-state index < -0.39 is 18.1 Å². The second kappa shape index (κ2) is 47.5. The number of hydrogen-bond acceptors (Lipinski definition) is 7. The molecule has 376 valence electrons.